The van der Waals surface area contributed by atoms with E-state index in [2.05, 4.69) is 4.90 Å². The summed E-state index contributed by atoms with van der Waals surface area (Å²) in [7, 11) is 0. The van der Waals surface area contributed by atoms with E-state index in [1.807, 2.05) is 12.1 Å². The summed E-state index contributed by atoms with van der Waals surface area (Å²) < 4.78 is 0. The quantitative estimate of drug-likeness (QED) is 0.572. The number of nitrogens with zero attached hydrogens (tertiary/aromatic N) is 2. The first-order valence-corrected chi connectivity index (χ1v) is 6.72. The molecule has 4 heteroatoms. The zero-order valence-electron chi connectivity index (χ0n) is 10.4. The van der Waals surface area contributed by atoms with Gasteiger partial charge in [0.15, 0.2) is 0 Å². The van der Waals surface area contributed by atoms with Crippen LogP contribution in [0.4, 0.5) is 11.4 Å². The zero-order chi connectivity index (χ0) is 12.5. The first-order chi connectivity index (χ1) is 8.74. The molecule has 0 N–H and O–H groups in total. The Labute approximate surface area is 107 Å². The van der Waals surface area contributed by atoms with Gasteiger partial charge in [-0.15, -0.1) is 0 Å². The van der Waals surface area contributed by atoms with Gasteiger partial charge in [-0.3, -0.25) is 10.1 Å². The van der Waals surface area contributed by atoms with Crippen LogP contribution in [0, 0.1) is 22.0 Å². The highest BCUT2D eigenvalue weighted by molar-refractivity contribution is 5.63. The summed E-state index contributed by atoms with van der Waals surface area (Å²) in [4.78, 5) is 13.1. The van der Waals surface area contributed by atoms with Crippen molar-refractivity contribution in [3.63, 3.8) is 0 Å². The minimum absolute atomic E-state index is 0.249. The third-order valence-corrected chi connectivity index (χ3v) is 3.77. The molecule has 0 spiro atoms. The fourth-order valence-corrected chi connectivity index (χ4v) is 2.38. The predicted molar refractivity (Wildman–Crippen MR) is 70.8 cm³/mol. The molecule has 2 fully saturated rings. The Morgan fingerprint density at radius 3 is 2.17 bits per heavy atom. The molecule has 0 aromatic heterocycles. The maximum atomic E-state index is 11.1. The van der Waals surface area contributed by atoms with Crippen LogP contribution in [0.2, 0.25) is 0 Å². The van der Waals surface area contributed by atoms with Crippen LogP contribution >= 0.6 is 0 Å². The number of nitro groups is 1. The number of anilines is 1. The molecule has 2 aliphatic carbocycles. The smallest absolute Gasteiger partial charge is 0.292 e. The van der Waals surface area contributed by atoms with Gasteiger partial charge in [0.25, 0.3) is 5.69 Å². The second kappa shape index (κ2) is 4.59. The molecule has 4 nitrogen and oxygen atoms in total. The molecule has 0 radical (unpaired) electrons. The van der Waals surface area contributed by atoms with Crippen molar-refractivity contribution in [3.05, 3.63) is 34.4 Å². The topological polar surface area (TPSA) is 46.4 Å². The monoisotopic (exact) mass is 246 g/mol. The third kappa shape index (κ3) is 2.63. The van der Waals surface area contributed by atoms with Crippen LogP contribution in [-0.4, -0.2) is 18.0 Å². The van der Waals surface area contributed by atoms with Gasteiger partial charge in [-0.25, -0.2) is 0 Å². The van der Waals surface area contributed by atoms with E-state index < -0.39 is 0 Å². The van der Waals surface area contributed by atoms with Gasteiger partial charge in [0, 0.05) is 19.2 Å². The van der Waals surface area contributed by atoms with E-state index >= 15 is 0 Å². The number of hydrogen-bond acceptors (Lipinski definition) is 3. The molecule has 0 heterocycles. The van der Waals surface area contributed by atoms with Crippen LogP contribution < -0.4 is 4.90 Å². The first-order valence-electron chi connectivity index (χ1n) is 6.72. The van der Waals surface area contributed by atoms with Crippen molar-refractivity contribution in [2.24, 2.45) is 11.8 Å². The molecule has 0 aliphatic heterocycles. The lowest BCUT2D eigenvalue weighted by Gasteiger charge is -2.24. The Balaban J connectivity index is 1.84. The van der Waals surface area contributed by atoms with Crippen LogP contribution in [0.3, 0.4) is 0 Å². The molecular formula is C14H18N2O2. The van der Waals surface area contributed by atoms with Crippen LogP contribution in [0.15, 0.2) is 24.3 Å². The van der Waals surface area contributed by atoms with Crippen molar-refractivity contribution >= 4 is 11.4 Å². The standard InChI is InChI=1S/C14H18N2O2/c17-16(18)14-4-2-1-3-13(14)15(9-11-5-6-11)10-12-7-8-12/h1-4,11-12H,5-10H2. The van der Waals surface area contributed by atoms with Crippen molar-refractivity contribution in [1.82, 2.24) is 0 Å². The van der Waals surface area contributed by atoms with E-state index in [9.17, 15) is 10.1 Å². The SMILES string of the molecule is O=[N+]([O-])c1ccccc1N(CC1CC1)CC1CC1. The van der Waals surface area contributed by atoms with Crippen LogP contribution in [0.1, 0.15) is 25.7 Å². The van der Waals surface area contributed by atoms with Crippen molar-refractivity contribution < 1.29 is 4.92 Å². The Bertz CT molecular complexity index is 439. The van der Waals surface area contributed by atoms with Gasteiger partial charge in [-0.05, 0) is 43.6 Å². The third-order valence-electron chi connectivity index (χ3n) is 3.77. The molecule has 1 aromatic rings. The summed E-state index contributed by atoms with van der Waals surface area (Å²) in [6.45, 7) is 1.97. The normalized spacial score (nSPS) is 18.7. The molecule has 1 aromatic carbocycles. The van der Waals surface area contributed by atoms with E-state index in [1.54, 1.807) is 12.1 Å². The van der Waals surface area contributed by atoms with Gasteiger partial charge < -0.3 is 4.90 Å². The van der Waals surface area contributed by atoms with Crippen LogP contribution in [0.5, 0.6) is 0 Å². The maximum absolute atomic E-state index is 11.1. The predicted octanol–water partition coefficient (Wildman–Crippen LogP) is 3.22. The molecule has 96 valence electrons. The fourth-order valence-electron chi connectivity index (χ4n) is 2.38. The number of benzene rings is 1. The summed E-state index contributed by atoms with van der Waals surface area (Å²) >= 11 is 0. The van der Waals surface area contributed by atoms with Crippen molar-refractivity contribution in [2.45, 2.75) is 25.7 Å². The Morgan fingerprint density at radius 2 is 1.67 bits per heavy atom. The Hall–Kier alpha value is -1.58. The second-order valence-corrected chi connectivity index (χ2v) is 5.54. The van der Waals surface area contributed by atoms with Gasteiger partial charge in [0.1, 0.15) is 5.69 Å². The highest BCUT2D eigenvalue weighted by atomic mass is 16.6. The molecule has 0 atom stereocenters. The molecule has 18 heavy (non-hydrogen) atoms. The van der Waals surface area contributed by atoms with Gasteiger partial charge in [-0.2, -0.15) is 0 Å². The van der Waals surface area contributed by atoms with Crippen LogP contribution in [0.25, 0.3) is 0 Å². The molecule has 2 aliphatic rings. The van der Waals surface area contributed by atoms with Crippen molar-refractivity contribution in [3.8, 4) is 0 Å². The molecule has 0 bridgehead atoms. The van der Waals surface area contributed by atoms with Gasteiger partial charge in [0.05, 0.1) is 4.92 Å². The average Bonchev–Trinajstić information content (AvgIpc) is 3.23. The summed E-state index contributed by atoms with van der Waals surface area (Å²) in [5.41, 5.74) is 1.06. The molecule has 2 saturated carbocycles. The summed E-state index contributed by atoms with van der Waals surface area (Å²) in [6.07, 6.45) is 5.12. The number of hydrogen-bond donors (Lipinski definition) is 0. The minimum Gasteiger partial charge on any atom is -0.365 e. The molecular weight excluding hydrogens is 228 g/mol. The number of rotatable bonds is 6. The van der Waals surface area contributed by atoms with Gasteiger partial charge in [-0.1, -0.05) is 12.1 Å². The van der Waals surface area contributed by atoms with Gasteiger partial charge in [0.2, 0.25) is 0 Å². The molecule has 0 amide bonds. The average molecular weight is 246 g/mol. The van der Waals surface area contributed by atoms with E-state index in [0.717, 1.165) is 30.6 Å². The summed E-state index contributed by atoms with van der Waals surface area (Å²) in [6, 6.07) is 7.15. The Morgan fingerprint density at radius 1 is 1.11 bits per heavy atom. The summed E-state index contributed by atoms with van der Waals surface area (Å²) in [5, 5.41) is 11.1. The van der Waals surface area contributed by atoms with E-state index in [4.69, 9.17) is 0 Å². The van der Waals surface area contributed by atoms with Gasteiger partial charge >= 0.3 is 0 Å². The molecule has 0 unspecified atom stereocenters. The lowest BCUT2D eigenvalue weighted by atomic mass is 10.2. The van der Waals surface area contributed by atoms with Crippen molar-refractivity contribution in [1.29, 1.82) is 0 Å². The second-order valence-electron chi connectivity index (χ2n) is 5.54. The molecule has 0 saturated heterocycles. The fraction of sp³-hybridized carbons (Fsp3) is 0.571. The highest BCUT2D eigenvalue weighted by Crippen LogP contribution is 2.38. The highest BCUT2D eigenvalue weighted by Gasteiger charge is 2.31. The lowest BCUT2D eigenvalue weighted by Crippen LogP contribution is -2.28. The largest absolute Gasteiger partial charge is 0.365 e. The minimum atomic E-state index is -0.262. The molecule has 3 rings (SSSR count). The Kier molecular flexibility index (Phi) is 2.94. The van der Waals surface area contributed by atoms with E-state index in [0.29, 0.717) is 0 Å². The van der Waals surface area contributed by atoms with E-state index in [-0.39, 0.29) is 10.6 Å². The van der Waals surface area contributed by atoms with Crippen molar-refractivity contribution in [2.75, 3.05) is 18.0 Å². The number of para-hydroxylation sites is 2. The first kappa shape index (κ1) is 11.5. The zero-order valence-corrected chi connectivity index (χ0v) is 10.4. The lowest BCUT2D eigenvalue weighted by molar-refractivity contribution is -0.384. The number of nitro benzene ring substituents is 1. The summed E-state index contributed by atoms with van der Waals surface area (Å²) in [5.74, 6) is 1.51. The van der Waals surface area contributed by atoms with E-state index in [1.165, 1.54) is 25.7 Å². The maximum Gasteiger partial charge on any atom is 0.292 e. The van der Waals surface area contributed by atoms with Crippen LogP contribution in [-0.2, 0) is 0 Å².